The zero-order chi connectivity index (χ0) is 13.6. The predicted molar refractivity (Wildman–Crippen MR) is 71.3 cm³/mol. The van der Waals surface area contributed by atoms with Gasteiger partial charge in [-0.2, -0.15) is 5.10 Å². The van der Waals surface area contributed by atoms with Gasteiger partial charge in [-0.1, -0.05) is 6.92 Å². The summed E-state index contributed by atoms with van der Waals surface area (Å²) in [5.74, 6) is 1.90. The Kier molecular flexibility index (Phi) is 2.93. The lowest BCUT2D eigenvalue weighted by molar-refractivity contribution is -0.384. The van der Waals surface area contributed by atoms with Gasteiger partial charge in [-0.05, 0) is 18.3 Å². The van der Waals surface area contributed by atoms with Crippen LogP contribution in [0.15, 0.2) is 0 Å². The van der Waals surface area contributed by atoms with Crippen LogP contribution in [0.1, 0.15) is 12.6 Å². The maximum Gasteiger partial charge on any atom is 0.334 e. The van der Waals surface area contributed by atoms with Gasteiger partial charge in [0.2, 0.25) is 5.82 Å². The topological polar surface area (TPSA) is 76.2 Å². The molecular formula is C12H19N5O2. The van der Waals surface area contributed by atoms with Crippen molar-refractivity contribution in [3.05, 3.63) is 15.8 Å². The van der Waals surface area contributed by atoms with Crippen molar-refractivity contribution >= 4 is 11.5 Å². The van der Waals surface area contributed by atoms with Crippen LogP contribution in [0.25, 0.3) is 0 Å². The zero-order valence-corrected chi connectivity index (χ0v) is 11.3. The highest BCUT2D eigenvalue weighted by atomic mass is 16.6. The van der Waals surface area contributed by atoms with Gasteiger partial charge in [0.05, 0.1) is 4.92 Å². The van der Waals surface area contributed by atoms with Gasteiger partial charge in [-0.15, -0.1) is 0 Å². The lowest BCUT2D eigenvalue weighted by Gasteiger charge is -2.18. The normalized spacial score (nSPS) is 25.9. The van der Waals surface area contributed by atoms with E-state index in [0.29, 0.717) is 29.8 Å². The second kappa shape index (κ2) is 4.48. The fraction of sp³-hybridized carbons (Fsp3) is 0.750. The molecule has 19 heavy (non-hydrogen) atoms. The molecule has 7 nitrogen and oxygen atoms in total. The molecule has 0 bridgehead atoms. The van der Waals surface area contributed by atoms with Crippen molar-refractivity contribution in [3.63, 3.8) is 0 Å². The molecule has 3 rings (SSSR count). The lowest BCUT2D eigenvalue weighted by Crippen LogP contribution is -2.27. The van der Waals surface area contributed by atoms with Crippen LogP contribution in [0.2, 0.25) is 0 Å². The second-order valence-corrected chi connectivity index (χ2v) is 5.44. The largest absolute Gasteiger partial charge is 0.350 e. The average molecular weight is 265 g/mol. The molecule has 2 fully saturated rings. The standard InChI is InChI=1S/C12H19N5O2/c1-3-10-11(17(18)19)12(15(2)14-10)16-6-8-4-13-5-9(8)7-16/h8-9,13H,3-7H2,1-2H3. The first-order valence-electron chi connectivity index (χ1n) is 6.77. The minimum atomic E-state index is -0.284. The summed E-state index contributed by atoms with van der Waals surface area (Å²) in [6.07, 6.45) is 0.590. The fourth-order valence-corrected chi connectivity index (χ4v) is 3.37. The lowest BCUT2D eigenvalue weighted by atomic mass is 10.0. The SMILES string of the molecule is CCc1nn(C)c(N2CC3CNCC3C2)c1[N+](=O)[O-]. The van der Waals surface area contributed by atoms with E-state index in [1.165, 1.54) is 0 Å². The first-order valence-corrected chi connectivity index (χ1v) is 6.77. The molecule has 0 spiro atoms. The number of fused-ring (bicyclic) bond motifs is 1. The van der Waals surface area contributed by atoms with Crippen molar-refractivity contribution in [2.45, 2.75) is 13.3 Å². The molecule has 1 aromatic rings. The molecule has 104 valence electrons. The number of aryl methyl sites for hydroxylation is 2. The molecule has 1 N–H and O–H groups in total. The summed E-state index contributed by atoms with van der Waals surface area (Å²) in [4.78, 5) is 13.2. The minimum absolute atomic E-state index is 0.193. The Morgan fingerprint density at radius 2 is 2.05 bits per heavy atom. The summed E-state index contributed by atoms with van der Waals surface area (Å²) < 4.78 is 1.67. The molecule has 2 aliphatic heterocycles. The Bertz CT molecular complexity index is 500. The van der Waals surface area contributed by atoms with Crippen molar-refractivity contribution in [1.82, 2.24) is 15.1 Å². The van der Waals surface area contributed by atoms with Gasteiger partial charge in [-0.25, -0.2) is 4.68 Å². The number of hydrogen-bond acceptors (Lipinski definition) is 5. The first-order chi connectivity index (χ1) is 9.11. The molecule has 0 radical (unpaired) electrons. The highest BCUT2D eigenvalue weighted by molar-refractivity contribution is 5.62. The first kappa shape index (κ1) is 12.4. The van der Waals surface area contributed by atoms with Crippen molar-refractivity contribution in [2.24, 2.45) is 18.9 Å². The summed E-state index contributed by atoms with van der Waals surface area (Å²) in [7, 11) is 1.80. The summed E-state index contributed by atoms with van der Waals surface area (Å²) in [6.45, 7) is 5.73. The van der Waals surface area contributed by atoms with Crippen LogP contribution in [0.4, 0.5) is 11.5 Å². The Balaban J connectivity index is 1.96. The molecule has 1 aromatic heterocycles. The molecule has 7 heteroatoms. The number of aromatic nitrogens is 2. The number of rotatable bonds is 3. The number of nitrogens with one attached hydrogen (secondary N) is 1. The van der Waals surface area contributed by atoms with Gasteiger partial charge in [0.15, 0.2) is 0 Å². The van der Waals surface area contributed by atoms with Crippen LogP contribution < -0.4 is 10.2 Å². The van der Waals surface area contributed by atoms with Crippen molar-refractivity contribution in [1.29, 1.82) is 0 Å². The van der Waals surface area contributed by atoms with E-state index >= 15 is 0 Å². The molecule has 2 atom stereocenters. The van der Waals surface area contributed by atoms with Crippen molar-refractivity contribution in [2.75, 3.05) is 31.1 Å². The highest BCUT2D eigenvalue weighted by Gasteiger charge is 2.40. The van der Waals surface area contributed by atoms with Gasteiger partial charge in [0.25, 0.3) is 0 Å². The zero-order valence-electron chi connectivity index (χ0n) is 11.3. The van der Waals surface area contributed by atoms with Crippen LogP contribution in [0, 0.1) is 22.0 Å². The Morgan fingerprint density at radius 3 is 2.58 bits per heavy atom. The minimum Gasteiger partial charge on any atom is -0.350 e. The smallest absolute Gasteiger partial charge is 0.334 e. The van der Waals surface area contributed by atoms with E-state index in [4.69, 9.17) is 0 Å². The van der Waals surface area contributed by atoms with Crippen molar-refractivity contribution < 1.29 is 4.92 Å². The van der Waals surface area contributed by atoms with E-state index in [0.717, 1.165) is 26.2 Å². The summed E-state index contributed by atoms with van der Waals surface area (Å²) >= 11 is 0. The summed E-state index contributed by atoms with van der Waals surface area (Å²) in [6, 6.07) is 0. The van der Waals surface area contributed by atoms with Crippen LogP contribution >= 0.6 is 0 Å². The van der Waals surface area contributed by atoms with Gasteiger partial charge in [-0.3, -0.25) is 10.1 Å². The van der Waals surface area contributed by atoms with Crippen LogP contribution in [-0.4, -0.2) is 40.9 Å². The van der Waals surface area contributed by atoms with Gasteiger partial charge >= 0.3 is 5.69 Å². The number of hydrogen-bond donors (Lipinski definition) is 1. The second-order valence-electron chi connectivity index (χ2n) is 5.44. The van der Waals surface area contributed by atoms with E-state index in [2.05, 4.69) is 15.3 Å². The summed E-state index contributed by atoms with van der Waals surface area (Å²) in [5, 5.41) is 19.0. The number of nitrogens with zero attached hydrogens (tertiary/aromatic N) is 4. The van der Waals surface area contributed by atoms with E-state index in [-0.39, 0.29) is 10.6 Å². The van der Waals surface area contributed by atoms with Gasteiger partial charge in [0, 0.05) is 33.2 Å². The molecule has 2 saturated heterocycles. The predicted octanol–water partition coefficient (Wildman–Crippen LogP) is 0.546. The summed E-state index contributed by atoms with van der Waals surface area (Å²) in [5.41, 5.74) is 0.774. The van der Waals surface area contributed by atoms with Crippen LogP contribution in [-0.2, 0) is 13.5 Å². The van der Waals surface area contributed by atoms with Crippen LogP contribution in [0.3, 0.4) is 0 Å². The molecule has 0 saturated carbocycles. The third-order valence-corrected chi connectivity index (χ3v) is 4.27. The van der Waals surface area contributed by atoms with E-state index in [1.54, 1.807) is 11.7 Å². The molecule has 3 heterocycles. The van der Waals surface area contributed by atoms with E-state index in [9.17, 15) is 10.1 Å². The maximum atomic E-state index is 11.3. The fourth-order valence-electron chi connectivity index (χ4n) is 3.37. The molecule has 0 aromatic carbocycles. The molecular weight excluding hydrogens is 246 g/mol. The Labute approximate surface area is 111 Å². The maximum absolute atomic E-state index is 11.3. The molecule has 0 aliphatic carbocycles. The molecule has 0 amide bonds. The van der Waals surface area contributed by atoms with Gasteiger partial charge < -0.3 is 10.2 Å². The van der Waals surface area contributed by atoms with E-state index in [1.807, 2.05) is 6.92 Å². The molecule has 2 unspecified atom stereocenters. The third-order valence-electron chi connectivity index (χ3n) is 4.27. The number of anilines is 1. The van der Waals surface area contributed by atoms with E-state index < -0.39 is 0 Å². The van der Waals surface area contributed by atoms with Crippen LogP contribution in [0.5, 0.6) is 0 Å². The highest BCUT2D eigenvalue weighted by Crippen LogP contribution is 2.37. The quantitative estimate of drug-likeness (QED) is 0.638. The average Bonchev–Trinajstić information content (AvgIpc) is 2.99. The number of nitro groups is 1. The molecule has 2 aliphatic rings. The monoisotopic (exact) mass is 265 g/mol. The van der Waals surface area contributed by atoms with Crippen molar-refractivity contribution in [3.8, 4) is 0 Å². The third kappa shape index (κ3) is 1.88. The Hall–Kier alpha value is -1.63. The Morgan fingerprint density at radius 1 is 1.42 bits per heavy atom. The van der Waals surface area contributed by atoms with Gasteiger partial charge in [0.1, 0.15) is 5.69 Å².